The first-order chi connectivity index (χ1) is 15.2. The highest BCUT2D eigenvalue weighted by molar-refractivity contribution is 5.95. The Labute approximate surface area is 188 Å². The highest BCUT2D eigenvalue weighted by Gasteiger charge is 2.35. The molecular weight excluding hydrogens is 380 g/mol. The molecule has 4 atom stereocenters. The van der Waals surface area contributed by atoms with Crippen molar-refractivity contribution in [3.63, 3.8) is 0 Å². The predicted molar refractivity (Wildman–Crippen MR) is 130 cm³/mol. The number of carbonyl (C=O) groups excluding carboxylic acids is 1. The number of rotatable bonds is 8. The van der Waals surface area contributed by atoms with Crippen molar-refractivity contribution < 1.29 is 9.53 Å². The van der Waals surface area contributed by atoms with E-state index < -0.39 is 0 Å². The second-order valence-corrected chi connectivity index (χ2v) is 10.2. The molecule has 0 saturated heterocycles. The van der Waals surface area contributed by atoms with E-state index in [2.05, 4.69) is 31.2 Å². The average Bonchev–Trinajstić information content (AvgIpc) is 2.82. The van der Waals surface area contributed by atoms with E-state index in [-0.39, 0.29) is 5.97 Å². The monoisotopic (exact) mass is 420 g/mol. The molecule has 2 fully saturated rings. The second kappa shape index (κ2) is 10.7. The van der Waals surface area contributed by atoms with Crippen LogP contribution in [-0.4, -0.2) is 13.1 Å². The van der Waals surface area contributed by atoms with Gasteiger partial charge in [0.1, 0.15) is 0 Å². The van der Waals surface area contributed by atoms with Gasteiger partial charge in [0, 0.05) is 0 Å². The van der Waals surface area contributed by atoms with Crippen LogP contribution in [0.25, 0.3) is 10.8 Å². The Bertz CT molecular complexity index is 870. The lowest BCUT2D eigenvalue weighted by molar-refractivity contribution is 0.0601. The summed E-state index contributed by atoms with van der Waals surface area (Å²) in [6.45, 7) is 2.30. The molecule has 0 N–H and O–H groups in total. The highest BCUT2D eigenvalue weighted by Crippen LogP contribution is 2.48. The van der Waals surface area contributed by atoms with Gasteiger partial charge in [-0.15, -0.1) is 0 Å². The molecule has 0 spiro atoms. The van der Waals surface area contributed by atoms with Gasteiger partial charge in [0.05, 0.1) is 12.7 Å². The number of hydrogen-bond acceptors (Lipinski definition) is 2. The molecule has 2 heteroatoms. The fourth-order valence-electron chi connectivity index (χ4n) is 6.35. The van der Waals surface area contributed by atoms with E-state index in [9.17, 15) is 4.79 Å². The first kappa shape index (κ1) is 22.4. The van der Waals surface area contributed by atoms with Crippen LogP contribution in [0.1, 0.15) is 106 Å². The van der Waals surface area contributed by atoms with Gasteiger partial charge in [-0.3, -0.25) is 0 Å². The zero-order chi connectivity index (χ0) is 21.6. The first-order valence-electron chi connectivity index (χ1n) is 12.8. The highest BCUT2D eigenvalue weighted by atomic mass is 16.5. The van der Waals surface area contributed by atoms with E-state index in [1.54, 1.807) is 0 Å². The summed E-state index contributed by atoms with van der Waals surface area (Å²) in [5.41, 5.74) is 2.13. The molecule has 0 heterocycles. The number of methoxy groups -OCH3 is 1. The van der Waals surface area contributed by atoms with Crippen LogP contribution in [0.3, 0.4) is 0 Å². The normalized spacial score (nSPS) is 25.9. The van der Waals surface area contributed by atoms with Gasteiger partial charge in [-0.2, -0.15) is 0 Å². The van der Waals surface area contributed by atoms with Gasteiger partial charge in [-0.1, -0.05) is 76.1 Å². The number of benzene rings is 2. The third-order valence-electron chi connectivity index (χ3n) is 8.19. The summed E-state index contributed by atoms with van der Waals surface area (Å²) < 4.78 is 4.86. The molecule has 0 aliphatic heterocycles. The molecule has 31 heavy (non-hydrogen) atoms. The molecule has 2 aromatic carbocycles. The Morgan fingerprint density at radius 2 is 1.61 bits per heavy atom. The maximum absolute atomic E-state index is 11.8. The van der Waals surface area contributed by atoms with Crippen LogP contribution < -0.4 is 0 Å². The Kier molecular flexibility index (Phi) is 7.69. The van der Waals surface area contributed by atoms with Crippen LogP contribution in [0.2, 0.25) is 0 Å². The van der Waals surface area contributed by atoms with Gasteiger partial charge >= 0.3 is 5.97 Å². The maximum Gasteiger partial charge on any atom is 0.337 e. The standard InChI is InChI=1S/C29H40O2/c1-3-4-5-6-7-8-21-9-10-23-18-24(12-11-22(23)17-21)25-13-14-27-20-28(29(30)31-2)16-15-26(27)19-25/h13-16,19-24H,3-12,17-18H2,1-2H3. The van der Waals surface area contributed by atoms with Gasteiger partial charge in [-0.05, 0) is 84.2 Å². The molecular formula is C29H40O2. The zero-order valence-electron chi connectivity index (χ0n) is 19.6. The molecule has 0 aromatic heterocycles. The molecule has 2 aromatic rings. The Hall–Kier alpha value is -1.83. The van der Waals surface area contributed by atoms with Crippen molar-refractivity contribution >= 4 is 16.7 Å². The van der Waals surface area contributed by atoms with Crippen molar-refractivity contribution in [3.05, 3.63) is 47.5 Å². The summed E-state index contributed by atoms with van der Waals surface area (Å²) in [5.74, 6) is 3.36. The summed E-state index contributed by atoms with van der Waals surface area (Å²) in [4.78, 5) is 11.8. The minimum Gasteiger partial charge on any atom is -0.465 e. The number of carbonyl (C=O) groups is 1. The summed E-state index contributed by atoms with van der Waals surface area (Å²) in [5, 5.41) is 2.36. The summed E-state index contributed by atoms with van der Waals surface area (Å²) in [6, 6.07) is 12.8. The molecule has 2 saturated carbocycles. The van der Waals surface area contributed by atoms with Crippen molar-refractivity contribution in [3.8, 4) is 0 Å². The van der Waals surface area contributed by atoms with Crippen molar-refractivity contribution in [2.75, 3.05) is 7.11 Å². The first-order valence-corrected chi connectivity index (χ1v) is 12.8. The smallest absolute Gasteiger partial charge is 0.337 e. The van der Waals surface area contributed by atoms with Crippen molar-refractivity contribution in [2.24, 2.45) is 17.8 Å². The second-order valence-electron chi connectivity index (χ2n) is 10.2. The van der Waals surface area contributed by atoms with Gasteiger partial charge in [0.25, 0.3) is 0 Å². The number of unbranched alkanes of at least 4 members (excludes halogenated alkanes) is 4. The number of fused-ring (bicyclic) bond motifs is 2. The topological polar surface area (TPSA) is 26.3 Å². The lowest BCUT2D eigenvalue weighted by Crippen LogP contribution is -2.30. The van der Waals surface area contributed by atoms with Gasteiger partial charge in [0.2, 0.25) is 0 Å². The quantitative estimate of drug-likeness (QED) is 0.317. The van der Waals surface area contributed by atoms with Crippen molar-refractivity contribution in [1.82, 2.24) is 0 Å². The minimum absolute atomic E-state index is 0.263. The van der Waals surface area contributed by atoms with Crippen LogP contribution in [0.5, 0.6) is 0 Å². The number of ether oxygens (including phenoxy) is 1. The van der Waals surface area contributed by atoms with Crippen LogP contribution in [0, 0.1) is 17.8 Å². The molecule has 2 nitrogen and oxygen atoms in total. The van der Waals surface area contributed by atoms with E-state index in [1.165, 1.54) is 95.1 Å². The SMILES string of the molecule is CCCCCCCC1CCC2CC(c3ccc4cc(C(=O)OC)ccc4c3)CCC2C1. The molecule has 4 rings (SSSR count). The molecule has 168 valence electrons. The van der Waals surface area contributed by atoms with Crippen LogP contribution in [-0.2, 0) is 4.74 Å². The molecule has 0 amide bonds. The van der Waals surface area contributed by atoms with E-state index in [0.717, 1.165) is 23.1 Å². The van der Waals surface area contributed by atoms with E-state index in [0.29, 0.717) is 11.5 Å². The lowest BCUT2D eigenvalue weighted by atomic mass is 9.63. The van der Waals surface area contributed by atoms with Crippen LogP contribution in [0.4, 0.5) is 0 Å². The van der Waals surface area contributed by atoms with Gasteiger partial charge < -0.3 is 4.74 Å². The fraction of sp³-hybridized carbons (Fsp3) is 0.621. The molecule has 0 bridgehead atoms. The Morgan fingerprint density at radius 1 is 0.871 bits per heavy atom. The van der Waals surface area contributed by atoms with E-state index in [4.69, 9.17) is 4.74 Å². The summed E-state index contributed by atoms with van der Waals surface area (Å²) >= 11 is 0. The van der Waals surface area contributed by atoms with Crippen molar-refractivity contribution in [1.29, 1.82) is 0 Å². The molecule has 4 unspecified atom stereocenters. The lowest BCUT2D eigenvalue weighted by Gasteiger charge is -2.42. The summed E-state index contributed by atoms with van der Waals surface area (Å²) in [6.07, 6.45) is 17.1. The largest absolute Gasteiger partial charge is 0.465 e. The minimum atomic E-state index is -0.263. The molecule has 0 radical (unpaired) electrons. The third-order valence-corrected chi connectivity index (χ3v) is 8.19. The maximum atomic E-state index is 11.8. The number of hydrogen-bond donors (Lipinski definition) is 0. The molecule has 2 aliphatic carbocycles. The summed E-state index contributed by atoms with van der Waals surface area (Å²) in [7, 11) is 1.44. The fourth-order valence-corrected chi connectivity index (χ4v) is 6.35. The van der Waals surface area contributed by atoms with Gasteiger partial charge in [-0.25, -0.2) is 4.79 Å². The zero-order valence-corrected chi connectivity index (χ0v) is 19.6. The van der Waals surface area contributed by atoms with E-state index in [1.807, 2.05) is 12.1 Å². The van der Waals surface area contributed by atoms with Gasteiger partial charge in [0.15, 0.2) is 0 Å². The van der Waals surface area contributed by atoms with Crippen LogP contribution in [0.15, 0.2) is 36.4 Å². The third kappa shape index (κ3) is 5.51. The molecule has 2 aliphatic rings. The van der Waals surface area contributed by atoms with Crippen LogP contribution >= 0.6 is 0 Å². The van der Waals surface area contributed by atoms with E-state index >= 15 is 0 Å². The Morgan fingerprint density at radius 3 is 2.45 bits per heavy atom. The number of esters is 1. The average molecular weight is 421 g/mol. The predicted octanol–water partition coefficient (Wildman–Crippen LogP) is 8.29. The van der Waals surface area contributed by atoms with Crippen molar-refractivity contribution in [2.45, 2.75) is 89.9 Å². The Balaban J connectivity index is 1.33.